The highest BCUT2D eigenvalue weighted by Gasteiger charge is 2.46. The predicted molar refractivity (Wildman–Crippen MR) is 362 cm³/mol. The molecular formula is C68H121F3N12O13. The number of nitrogens with one attached hydrogen (secondary N) is 4. The molecule has 0 aromatic heterocycles. The summed E-state index contributed by atoms with van der Waals surface area (Å²) < 4.78 is 45.5. The van der Waals surface area contributed by atoms with E-state index in [-0.39, 0.29) is 69.6 Å². The highest BCUT2D eigenvalue weighted by molar-refractivity contribution is 6.00. The number of allylic oxidation sites excluding steroid dienone is 2. The van der Waals surface area contributed by atoms with E-state index in [1.54, 1.807) is 67.5 Å². The van der Waals surface area contributed by atoms with Crippen LogP contribution in [0.1, 0.15) is 156 Å². The number of nitrogens with zero attached hydrogens (tertiary/aromatic N) is 8. The van der Waals surface area contributed by atoms with Crippen molar-refractivity contribution in [1.29, 1.82) is 0 Å². The first-order valence-electron chi connectivity index (χ1n) is 33.9. The lowest BCUT2D eigenvalue weighted by atomic mass is 9.91. The molecule has 14 atom stereocenters. The SMILES string of the molecule is C/C=C/C[C@@H](C)[C@@H](O)[C@H]1C(=O)N[C@@H](CC)C(=O)N(C)[C@H](C)C(=O)N(C)[C@@H]([C@H](C)COCCN(C)CC(F)(F)F)C(=O)N[C@@H](C(C)C)C(=O)N(C)[C@@H](CCC(C)C)C(=O)N[C@@H](C)C(=O)N[C@H](C)C(=O)N(C)[C@@H](CC(C)C)C(=O)N(C)[C@@H](CC(C)C)C(=O)N(C)[C@@H](C(C)C)C(=O)N1C. The largest absolute Gasteiger partial charge is 0.401 e. The molecular weight excluding hydrogens is 1250 g/mol. The van der Waals surface area contributed by atoms with Crippen LogP contribution in [0.25, 0.3) is 0 Å². The maximum absolute atomic E-state index is 15.3. The Morgan fingerprint density at radius 3 is 1.50 bits per heavy atom. The van der Waals surface area contributed by atoms with Crippen LogP contribution in [0, 0.1) is 41.4 Å². The van der Waals surface area contributed by atoms with Gasteiger partial charge in [0.1, 0.15) is 66.5 Å². The molecule has 5 N–H and O–H groups in total. The molecule has 1 rings (SSSR count). The third-order valence-electron chi connectivity index (χ3n) is 18.1. The fourth-order valence-corrected chi connectivity index (χ4v) is 11.9. The Labute approximate surface area is 570 Å². The Hall–Kier alpha value is -6.42. The molecule has 96 heavy (non-hydrogen) atoms. The van der Waals surface area contributed by atoms with Gasteiger partial charge >= 0.3 is 6.18 Å². The Morgan fingerprint density at radius 1 is 0.542 bits per heavy atom. The van der Waals surface area contributed by atoms with Crippen molar-refractivity contribution in [3.63, 3.8) is 0 Å². The van der Waals surface area contributed by atoms with Gasteiger partial charge in [-0.3, -0.25) is 57.6 Å². The molecule has 0 saturated carbocycles. The molecule has 0 spiro atoms. The molecule has 0 aliphatic carbocycles. The number of likely N-dealkylation sites (N-methyl/N-ethyl adjacent to an activating group) is 8. The van der Waals surface area contributed by atoms with Crippen molar-refractivity contribution in [2.24, 2.45) is 41.4 Å². The number of ether oxygens (including phenoxy) is 1. The summed E-state index contributed by atoms with van der Waals surface area (Å²) in [4.78, 5) is 172. The van der Waals surface area contributed by atoms with Gasteiger partial charge in [0.15, 0.2) is 0 Å². The first-order valence-corrected chi connectivity index (χ1v) is 33.9. The number of carbonyl (C=O) groups is 11. The summed E-state index contributed by atoms with van der Waals surface area (Å²) in [7, 11) is 10.8. The number of halogens is 3. The number of alkyl halides is 3. The number of hydrogen-bond donors (Lipinski definition) is 5. The zero-order chi connectivity index (χ0) is 74.5. The van der Waals surface area contributed by atoms with Crippen LogP contribution in [-0.2, 0) is 57.5 Å². The second-order valence-electron chi connectivity index (χ2n) is 28.5. The van der Waals surface area contributed by atoms with Gasteiger partial charge in [0, 0.05) is 61.8 Å². The van der Waals surface area contributed by atoms with E-state index in [9.17, 15) is 47.0 Å². The van der Waals surface area contributed by atoms with E-state index in [1.165, 1.54) is 96.8 Å². The molecule has 0 radical (unpaired) electrons. The van der Waals surface area contributed by atoms with E-state index >= 15 is 24.0 Å². The van der Waals surface area contributed by atoms with Gasteiger partial charge in [0.2, 0.25) is 65.0 Å². The van der Waals surface area contributed by atoms with Crippen molar-refractivity contribution in [1.82, 2.24) is 60.5 Å². The first-order chi connectivity index (χ1) is 44.2. The van der Waals surface area contributed by atoms with Crippen LogP contribution >= 0.6 is 0 Å². The summed E-state index contributed by atoms with van der Waals surface area (Å²) in [6, 6.07) is -14.8. The monoisotopic (exact) mass is 1370 g/mol. The lowest BCUT2D eigenvalue weighted by Gasteiger charge is -2.41. The molecule has 28 heteroatoms. The smallest absolute Gasteiger partial charge is 0.390 e. The van der Waals surface area contributed by atoms with Crippen molar-refractivity contribution >= 4 is 65.0 Å². The second-order valence-corrected chi connectivity index (χ2v) is 28.5. The molecule has 1 aliphatic heterocycles. The Balaban J connectivity index is 4.46. The van der Waals surface area contributed by atoms with Gasteiger partial charge in [-0.1, -0.05) is 102 Å². The van der Waals surface area contributed by atoms with E-state index in [0.29, 0.717) is 6.42 Å². The summed E-state index contributed by atoms with van der Waals surface area (Å²) >= 11 is 0. The van der Waals surface area contributed by atoms with Gasteiger partial charge in [-0.25, -0.2) is 0 Å². The third-order valence-corrected chi connectivity index (χ3v) is 18.1. The zero-order valence-corrected chi connectivity index (χ0v) is 62.3. The molecule has 1 fully saturated rings. The Kier molecular flexibility index (Phi) is 36.4. The highest BCUT2D eigenvalue weighted by atomic mass is 19.4. The zero-order valence-electron chi connectivity index (χ0n) is 62.3. The van der Waals surface area contributed by atoms with Crippen molar-refractivity contribution in [3.8, 4) is 0 Å². The van der Waals surface area contributed by atoms with Crippen LogP contribution in [-0.4, -0.2) is 271 Å². The summed E-state index contributed by atoms with van der Waals surface area (Å²) in [5.41, 5.74) is 0. The fourth-order valence-electron chi connectivity index (χ4n) is 11.9. The molecule has 0 unspecified atom stereocenters. The molecule has 1 heterocycles. The van der Waals surface area contributed by atoms with E-state index in [4.69, 9.17) is 4.74 Å². The molecule has 11 amide bonds. The van der Waals surface area contributed by atoms with Crippen molar-refractivity contribution in [3.05, 3.63) is 12.2 Å². The number of hydrogen-bond acceptors (Lipinski definition) is 14. The van der Waals surface area contributed by atoms with Gasteiger partial charge in [0.05, 0.1) is 25.9 Å². The van der Waals surface area contributed by atoms with Crippen LogP contribution in [0.15, 0.2) is 12.2 Å². The molecule has 552 valence electrons. The standard InChI is InChI=1S/C68H121F3N12O13/c1-26-28-29-43(13)56(84)55-60(88)74-48(27-2)63(91)77(19)47(17)62(90)82(24)54(44(14)36-96-33-32-76(18)37-68(69,70)71)59(87)75-52(41(9)10)66(94)78(20)49(31-30-38(3)4)58(86)72-45(15)57(85)73-46(16)61(89)79(21)50(34-39(5)6)64(92)80(22)51(35-40(7)8)65(93)81(23)53(42(11)12)67(95)83(55)25/h26,28,38-56,84H,27,29-37H2,1-25H3,(H,72,86)(H,73,85)(H,74,88)(H,75,87)/b28-26+/t43-,44-,45+,46-,47-,48+,49+,50+,51+,52+,53+,54+,55+,56-/m1/s1. The maximum Gasteiger partial charge on any atom is 0.401 e. The van der Waals surface area contributed by atoms with Gasteiger partial charge < -0.3 is 65.4 Å². The average Bonchev–Trinajstić information content (AvgIpc) is 0.910. The van der Waals surface area contributed by atoms with Crippen LogP contribution in [0.5, 0.6) is 0 Å². The van der Waals surface area contributed by atoms with Crippen LogP contribution in [0.4, 0.5) is 13.2 Å². The topological polar surface area (TPSA) is 291 Å². The molecule has 0 bridgehead atoms. The Morgan fingerprint density at radius 2 is 1.02 bits per heavy atom. The normalized spacial score (nSPS) is 26.5. The summed E-state index contributed by atoms with van der Waals surface area (Å²) in [6.45, 7) is 26.9. The van der Waals surface area contributed by atoms with Crippen LogP contribution in [0.2, 0.25) is 0 Å². The van der Waals surface area contributed by atoms with Crippen LogP contribution < -0.4 is 21.3 Å². The lowest BCUT2D eigenvalue weighted by molar-refractivity contribution is -0.157. The van der Waals surface area contributed by atoms with E-state index in [1.807, 2.05) is 41.5 Å². The molecule has 0 aromatic carbocycles. The summed E-state index contributed by atoms with van der Waals surface area (Å²) in [5, 5.41) is 23.1. The highest BCUT2D eigenvalue weighted by Crippen LogP contribution is 2.26. The molecule has 1 saturated heterocycles. The Bertz CT molecular complexity index is 2630. The van der Waals surface area contributed by atoms with E-state index in [0.717, 1.165) is 19.6 Å². The number of rotatable bonds is 21. The van der Waals surface area contributed by atoms with E-state index < -0.39 is 174 Å². The number of amides is 11. The lowest BCUT2D eigenvalue weighted by Crippen LogP contribution is -2.64. The summed E-state index contributed by atoms with van der Waals surface area (Å²) in [5.74, 6) is -11.6. The minimum atomic E-state index is -4.49. The predicted octanol–water partition coefficient (Wildman–Crippen LogP) is 4.15. The number of aliphatic hydroxyl groups is 1. The molecule has 1 aliphatic rings. The van der Waals surface area contributed by atoms with Crippen LogP contribution in [0.3, 0.4) is 0 Å². The number of carbonyl (C=O) groups excluding carboxylic acids is 11. The van der Waals surface area contributed by atoms with Gasteiger partial charge in [-0.2, -0.15) is 13.2 Å². The van der Waals surface area contributed by atoms with Gasteiger partial charge in [-0.05, 0) is 109 Å². The minimum absolute atomic E-state index is 0.0303. The quantitative estimate of drug-likeness (QED) is 0.0798. The third kappa shape index (κ3) is 25.5. The van der Waals surface area contributed by atoms with Gasteiger partial charge in [0.25, 0.3) is 0 Å². The first kappa shape index (κ1) is 87.6. The van der Waals surface area contributed by atoms with E-state index in [2.05, 4.69) is 21.3 Å². The maximum atomic E-state index is 15.3. The van der Waals surface area contributed by atoms with Crippen molar-refractivity contribution in [2.45, 2.75) is 235 Å². The fraction of sp³-hybridized carbons (Fsp3) is 0.809. The number of aliphatic hydroxyl groups excluding tert-OH is 1. The minimum Gasteiger partial charge on any atom is -0.390 e. The molecule has 0 aromatic rings. The molecule has 25 nitrogen and oxygen atoms in total. The van der Waals surface area contributed by atoms with Crippen molar-refractivity contribution in [2.75, 3.05) is 82.7 Å². The second kappa shape index (κ2) is 39.8. The average molecular weight is 1370 g/mol. The van der Waals surface area contributed by atoms with Gasteiger partial charge in [-0.15, -0.1) is 0 Å². The van der Waals surface area contributed by atoms with Crippen molar-refractivity contribution < 1.29 is 75.8 Å². The summed E-state index contributed by atoms with van der Waals surface area (Å²) in [6.07, 6.45) is -1.58.